The number of ether oxygens (including phenoxy) is 1. The monoisotopic (exact) mass is 285 g/mol. The van der Waals surface area contributed by atoms with Crippen molar-refractivity contribution in [1.29, 1.82) is 0 Å². The maximum atomic E-state index is 11.5. The first-order valence-electron chi connectivity index (χ1n) is 5.59. The summed E-state index contributed by atoms with van der Waals surface area (Å²) < 4.78 is 9.38. The van der Waals surface area contributed by atoms with Crippen LogP contribution in [-0.4, -0.2) is 35.9 Å². The van der Waals surface area contributed by atoms with Crippen molar-refractivity contribution in [3.63, 3.8) is 0 Å². The maximum absolute atomic E-state index is 11.5. The van der Waals surface area contributed by atoms with Crippen LogP contribution >= 0.6 is 11.8 Å². The van der Waals surface area contributed by atoms with Crippen LogP contribution in [-0.2, 0) is 14.3 Å². The lowest BCUT2D eigenvalue weighted by Gasteiger charge is -2.09. The van der Waals surface area contributed by atoms with E-state index in [0.29, 0.717) is 0 Å². The molecule has 19 heavy (non-hydrogen) atoms. The van der Waals surface area contributed by atoms with Gasteiger partial charge in [0.15, 0.2) is 5.76 Å². The fourth-order valence-corrected chi connectivity index (χ4v) is 1.99. The molecule has 0 radical (unpaired) electrons. The summed E-state index contributed by atoms with van der Waals surface area (Å²) in [6.07, 6.45) is 1.58. The summed E-state index contributed by atoms with van der Waals surface area (Å²) >= 11 is 1.27. The molecule has 0 spiro atoms. The second-order valence-electron chi connectivity index (χ2n) is 3.76. The second-order valence-corrected chi connectivity index (χ2v) is 5.18. The van der Waals surface area contributed by atoms with Gasteiger partial charge >= 0.3 is 5.97 Å². The first-order valence-corrected chi connectivity index (χ1v) is 6.64. The third-order valence-electron chi connectivity index (χ3n) is 2.18. The minimum atomic E-state index is -0.573. The van der Waals surface area contributed by atoms with Gasteiger partial charge in [-0.15, -0.1) is 11.8 Å². The third-order valence-corrected chi connectivity index (χ3v) is 3.34. The van der Waals surface area contributed by atoms with Gasteiger partial charge < -0.3 is 9.15 Å². The summed E-state index contributed by atoms with van der Waals surface area (Å²) in [6.45, 7) is 1.81. The summed E-state index contributed by atoms with van der Waals surface area (Å²) in [5, 5.41) is 2.14. The maximum Gasteiger partial charge on any atom is 0.306 e. The van der Waals surface area contributed by atoms with Crippen molar-refractivity contribution in [2.75, 3.05) is 12.9 Å². The number of rotatable bonds is 6. The van der Waals surface area contributed by atoms with E-state index in [1.807, 2.05) is 6.92 Å². The van der Waals surface area contributed by atoms with Crippen LogP contribution in [0.25, 0.3) is 0 Å². The summed E-state index contributed by atoms with van der Waals surface area (Å²) in [5.41, 5.74) is 0. The minimum Gasteiger partial charge on any atom is -0.469 e. The highest BCUT2D eigenvalue weighted by Crippen LogP contribution is 2.14. The van der Waals surface area contributed by atoms with Gasteiger partial charge in [0.05, 0.1) is 25.5 Å². The van der Waals surface area contributed by atoms with Crippen LogP contribution in [0.2, 0.25) is 0 Å². The minimum absolute atomic E-state index is 0.0584. The fourth-order valence-electron chi connectivity index (χ4n) is 1.23. The Morgan fingerprint density at radius 1 is 1.47 bits per heavy atom. The van der Waals surface area contributed by atoms with Crippen molar-refractivity contribution in [3.05, 3.63) is 24.2 Å². The predicted molar refractivity (Wildman–Crippen MR) is 69.7 cm³/mol. The van der Waals surface area contributed by atoms with Crippen LogP contribution in [0.3, 0.4) is 0 Å². The molecule has 0 aliphatic rings. The number of carbonyl (C=O) groups is 3. The van der Waals surface area contributed by atoms with Crippen LogP contribution in [0.5, 0.6) is 0 Å². The van der Waals surface area contributed by atoms with Crippen molar-refractivity contribution in [2.24, 2.45) is 0 Å². The lowest BCUT2D eigenvalue weighted by molar-refractivity contribution is -0.140. The van der Waals surface area contributed by atoms with E-state index >= 15 is 0 Å². The number of imide groups is 1. The summed E-state index contributed by atoms with van der Waals surface area (Å²) in [5.74, 6) is -1.16. The zero-order valence-electron chi connectivity index (χ0n) is 10.7. The molecule has 0 saturated heterocycles. The Hall–Kier alpha value is -1.76. The Bertz CT molecular complexity index is 443. The molecule has 0 aromatic carbocycles. The number of hydrogen-bond acceptors (Lipinski definition) is 6. The van der Waals surface area contributed by atoms with Crippen molar-refractivity contribution in [3.8, 4) is 0 Å². The number of methoxy groups -OCH3 is 1. The van der Waals surface area contributed by atoms with Gasteiger partial charge in [-0.05, 0) is 12.1 Å². The van der Waals surface area contributed by atoms with E-state index in [9.17, 15) is 14.4 Å². The summed E-state index contributed by atoms with van der Waals surface area (Å²) in [4.78, 5) is 34.0. The van der Waals surface area contributed by atoms with Gasteiger partial charge in [0.2, 0.25) is 5.91 Å². The molecule has 0 aliphatic carbocycles. The van der Waals surface area contributed by atoms with E-state index in [2.05, 4.69) is 10.1 Å². The van der Waals surface area contributed by atoms with Gasteiger partial charge in [-0.1, -0.05) is 6.92 Å². The number of esters is 1. The number of furan rings is 1. The molecule has 1 aromatic rings. The number of amides is 2. The number of carbonyl (C=O) groups excluding carboxylic acids is 3. The molecule has 1 heterocycles. The molecular weight excluding hydrogens is 270 g/mol. The average molecular weight is 285 g/mol. The van der Waals surface area contributed by atoms with Gasteiger partial charge in [-0.25, -0.2) is 0 Å². The van der Waals surface area contributed by atoms with Crippen molar-refractivity contribution >= 4 is 29.5 Å². The molecule has 0 saturated carbocycles. The average Bonchev–Trinajstić information content (AvgIpc) is 2.90. The topological polar surface area (TPSA) is 85.6 Å². The molecule has 1 N–H and O–H groups in total. The molecule has 1 aromatic heterocycles. The molecule has 0 aliphatic heterocycles. The van der Waals surface area contributed by atoms with E-state index in [-0.39, 0.29) is 29.2 Å². The third kappa shape index (κ3) is 5.60. The Kier molecular flexibility index (Phi) is 6.14. The molecule has 2 amide bonds. The Balaban J connectivity index is 2.28. The molecule has 7 heteroatoms. The van der Waals surface area contributed by atoms with Gasteiger partial charge in [0, 0.05) is 5.25 Å². The largest absolute Gasteiger partial charge is 0.469 e. The van der Waals surface area contributed by atoms with E-state index in [1.165, 1.54) is 31.2 Å². The van der Waals surface area contributed by atoms with Gasteiger partial charge in [0.1, 0.15) is 0 Å². The lowest BCUT2D eigenvalue weighted by Crippen LogP contribution is -2.32. The van der Waals surface area contributed by atoms with Gasteiger partial charge in [-0.3, -0.25) is 19.7 Å². The first kappa shape index (κ1) is 15.3. The van der Waals surface area contributed by atoms with Crippen LogP contribution in [0.4, 0.5) is 0 Å². The normalized spacial score (nSPS) is 11.7. The Labute approximate surface area is 114 Å². The molecule has 1 rings (SSSR count). The smallest absolute Gasteiger partial charge is 0.306 e. The fraction of sp³-hybridized carbons (Fsp3) is 0.417. The Morgan fingerprint density at radius 2 is 2.21 bits per heavy atom. The van der Waals surface area contributed by atoms with Crippen molar-refractivity contribution < 1.29 is 23.5 Å². The van der Waals surface area contributed by atoms with Crippen LogP contribution in [0.15, 0.2) is 22.8 Å². The number of hydrogen-bond donors (Lipinski definition) is 1. The molecule has 6 nitrogen and oxygen atoms in total. The SMILES string of the molecule is COC(=O)CC(C)SCC(=O)NC(=O)c1ccco1. The number of thioether (sulfide) groups is 1. The zero-order chi connectivity index (χ0) is 14.3. The molecule has 104 valence electrons. The van der Waals surface area contributed by atoms with Gasteiger partial charge in [-0.2, -0.15) is 0 Å². The lowest BCUT2D eigenvalue weighted by atomic mass is 10.3. The van der Waals surface area contributed by atoms with Crippen LogP contribution < -0.4 is 5.32 Å². The van der Waals surface area contributed by atoms with Crippen LogP contribution in [0.1, 0.15) is 23.9 Å². The quantitative estimate of drug-likeness (QED) is 0.791. The second kappa shape index (κ2) is 7.63. The highest BCUT2D eigenvalue weighted by atomic mass is 32.2. The highest BCUT2D eigenvalue weighted by Gasteiger charge is 2.15. The molecule has 0 bridgehead atoms. The zero-order valence-corrected chi connectivity index (χ0v) is 11.5. The number of nitrogens with one attached hydrogen (secondary N) is 1. The highest BCUT2D eigenvalue weighted by molar-refractivity contribution is 8.00. The Morgan fingerprint density at radius 3 is 2.79 bits per heavy atom. The van der Waals surface area contributed by atoms with E-state index in [0.717, 1.165) is 0 Å². The van der Waals surface area contributed by atoms with E-state index in [4.69, 9.17) is 4.42 Å². The summed E-state index contributed by atoms with van der Waals surface area (Å²) in [7, 11) is 1.31. The van der Waals surface area contributed by atoms with Gasteiger partial charge in [0.25, 0.3) is 5.91 Å². The predicted octanol–water partition coefficient (Wildman–Crippen LogP) is 1.22. The van der Waals surface area contributed by atoms with E-state index < -0.39 is 11.8 Å². The van der Waals surface area contributed by atoms with Crippen molar-refractivity contribution in [1.82, 2.24) is 5.32 Å². The molecular formula is C12H15NO5S. The first-order chi connectivity index (χ1) is 9.02. The van der Waals surface area contributed by atoms with Crippen LogP contribution in [0, 0.1) is 0 Å². The van der Waals surface area contributed by atoms with E-state index in [1.54, 1.807) is 6.07 Å². The van der Waals surface area contributed by atoms with Crippen molar-refractivity contribution in [2.45, 2.75) is 18.6 Å². The standard InChI is InChI=1S/C12H15NO5S/c1-8(6-11(15)17-2)19-7-10(14)13-12(16)9-4-3-5-18-9/h3-5,8H,6-7H2,1-2H3,(H,13,14,16). The molecule has 1 unspecified atom stereocenters. The molecule has 1 atom stereocenters. The summed E-state index contributed by atoms with van der Waals surface area (Å²) in [6, 6.07) is 3.03. The molecule has 0 fully saturated rings.